The van der Waals surface area contributed by atoms with Crippen LogP contribution < -0.4 is 9.62 Å². The van der Waals surface area contributed by atoms with Gasteiger partial charge in [-0.15, -0.1) is 0 Å². The van der Waals surface area contributed by atoms with Gasteiger partial charge in [-0.2, -0.15) is 13.2 Å². The van der Waals surface area contributed by atoms with Crippen LogP contribution in [0.15, 0.2) is 48.5 Å². The second kappa shape index (κ2) is 8.83. The van der Waals surface area contributed by atoms with Crippen molar-refractivity contribution in [2.75, 3.05) is 22.4 Å². The largest absolute Gasteiger partial charge is 0.418 e. The first-order valence-corrected chi connectivity index (χ1v) is 10.4. The molecule has 152 valence electrons. The van der Waals surface area contributed by atoms with E-state index in [1.165, 1.54) is 18.2 Å². The van der Waals surface area contributed by atoms with Crippen molar-refractivity contribution in [1.82, 2.24) is 0 Å². The third-order valence-electron chi connectivity index (χ3n) is 3.77. The fraction of sp³-hybridized carbons (Fsp3) is 0.278. The molecule has 0 radical (unpaired) electrons. The summed E-state index contributed by atoms with van der Waals surface area (Å²) < 4.78 is 64.1. The highest BCUT2D eigenvalue weighted by Gasteiger charge is 2.33. The zero-order valence-electron chi connectivity index (χ0n) is 14.8. The van der Waals surface area contributed by atoms with E-state index >= 15 is 0 Å². The topological polar surface area (TPSA) is 66.5 Å². The first-order valence-electron chi connectivity index (χ1n) is 8.18. The lowest BCUT2D eigenvalue weighted by Crippen LogP contribution is -2.31. The number of amides is 1. The van der Waals surface area contributed by atoms with Gasteiger partial charge in [-0.3, -0.25) is 9.10 Å². The van der Waals surface area contributed by atoms with Crippen LogP contribution in [-0.2, 0) is 21.0 Å². The molecule has 0 unspecified atom stereocenters. The number of hydrogen-bond donors (Lipinski definition) is 1. The molecule has 2 aromatic carbocycles. The first kappa shape index (κ1) is 22.0. The quantitative estimate of drug-likeness (QED) is 0.695. The predicted molar refractivity (Wildman–Crippen MR) is 103 cm³/mol. The van der Waals surface area contributed by atoms with Crippen LogP contribution in [0.25, 0.3) is 0 Å². The van der Waals surface area contributed by atoms with E-state index in [1.807, 2.05) is 0 Å². The van der Waals surface area contributed by atoms with Crippen molar-refractivity contribution in [3.63, 3.8) is 0 Å². The van der Waals surface area contributed by atoms with Crippen molar-refractivity contribution in [1.29, 1.82) is 0 Å². The highest BCUT2D eigenvalue weighted by Crippen LogP contribution is 2.34. The maximum absolute atomic E-state index is 13.0. The molecule has 2 rings (SSSR count). The number of nitrogens with one attached hydrogen (secondary N) is 1. The molecule has 0 heterocycles. The predicted octanol–water partition coefficient (Wildman–Crippen LogP) is 4.54. The molecule has 0 aliphatic rings. The number of carbonyl (C=O) groups is 1. The zero-order valence-corrected chi connectivity index (χ0v) is 16.4. The Morgan fingerprint density at radius 2 is 1.82 bits per heavy atom. The van der Waals surface area contributed by atoms with Crippen molar-refractivity contribution < 1.29 is 26.4 Å². The summed E-state index contributed by atoms with van der Waals surface area (Å²) in [4.78, 5) is 12.0. The van der Waals surface area contributed by atoms with Crippen LogP contribution in [0, 0.1) is 0 Å². The van der Waals surface area contributed by atoms with Crippen LogP contribution in [0.4, 0.5) is 24.5 Å². The molecule has 1 N–H and O–H groups in total. The van der Waals surface area contributed by atoms with Crippen molar-refractivity contribution in [2.24, 2.45) is 0 Å². The number of para-hydroxylation sites is 1. The van der Waals surface area contributed by atoms with Gasteiger partial charge in [-0.05, 0) is 36.8 Å². The molecule has 28 heavy (non-hydrogen) atoms. The van der Waals surface area contributed by atoms with Gasteiger partial charge in [-0.25, -0.2) is 8.42 Å². The Bertz CT molecular complexity index is 949. The standard InChI is InChI=1S/C18H18ClF3N2O3S/c1-28(26,27)24(14-7-4-6-13(19)12-14)11-5-10-17(25)23-16-9-3-2-8-15(16)18(20,21)22/h2-4,6-9,12H,5,10-11H2,1H3,(H,23,25). The summed E-state index contributed by atoms with van der Waals surface area (Å²) in [6.07, 6.45) is -3.62. The summed E-state index contributed by atoms with van der Waals surface area (Å²) in [5.41, 5.74) is -0.937. The van der Waals surface area contributed by atoms with E-state index in [0.717, 1.165) is 22.7 Å². The van der Waals surface area contributed by atoms with E-state index in [-0.39, 0.29) is 25.1 Å². The molecule has 1 amide bonds. The summed E-state index contributed by atoms with van der Waals surface area (Å²) in [5.74, 6) is -0.642. The molecule has 10 heteroatoms. The molecule has 0 spiro atoms. The molecule has 5 nitrogen and oxygen atoms in total. The molecule has 0 bridgehead atoms. The average molecular weight is 435 g/mol. The third kappa shape index (κ3) is 6.13. The highest BCUT2D eigenvalue weighted by molar-refractivity contribution is 7.92. The van der Waals surface area contributed by atoms with Gasteiger partial charge in [0.15, 0.2) is 0 Å². The minimum absolute atomic E-state index is 0.0203. The van der Waals surface area contributed by atoms with E-state index in [2.05, 4.69) is 5.32 Å². The molecule has 0 atom stereocenters. The summed E-state index contributed by atoms with van der Waals surface area (Å²) in [7, 11) is -3.62. The Morgan fingerprint density at radius 1 is 1.14 bits per heavy atom. The fourth-order valence-corrected chi connectivity index (χ4v) is 3.69. The van der Waals surface area contributed by atoms with Gasteiger partial charge in [0.25, 0.3) is 0 Å². The first-order chi connectivity index (χ1) is 13.0. The lowest BCUT2D eigenvalue weighted by atomic mass is 10.1. The highest BCUT2D eigenvalue weighted by atomic mass is 35.5. The number of sulfonamides is 1. The van der Waals surface area contributed by atoms with Gasteiger partial charge >= 0.3 is 6.18 Å². The van der Waals surface area contributed by atoms with Gasteiger partial charge < -0.3 is 5.32 Å². The molecule has 0 saturated carbocycles. The molecule has 0 fully saturated rings. The van der Waals surface area contributed by atoms with E-state index in [4.69, 9.17) is 11.6 Å². The Kier molecular flexibility index (Phi) is 6.95. The third-order valence-corrected chi connectivity index (χ3v) is 5.20. The maximum Gasteiger partial charge on any atom is 0.418 e. The minimum atomic E-state index is -4.59. The van der Waals surface area contributed by atoms with E-state index < -0.39 is 27.7 Å². The average Bonchev–Trinajstić information content (AvgIpc) is 2.57. The van der Waals surface area contributed by atoms with Crippen molar-refractivity contribution >= 4 is 38.9 Å². The van der Waals surface area contributed by atoms with Gasteiger partial charge in [0, 0.05) is 18.0 Å². The SMILES string of the molecule is CS(=O)(=O)N(CCCC(=O)Nc1ccccc1C(F)(F)F)c1cccc(Cl)c1. The summed E-state index contributed by atoms with van der Waals surface area (Å²) in [6, 6.07) is 10.9. The summed E-state index contributed by atoms with van der Waals surface area (Å²) in [6.45, 7) is -0.0203. The second-order valence-corrected chi connectivity index (χ2v) is 8.35. The lowest BCUT2D eigenvalue weighted by Gasteiger charge is -2.22. The lowest BCUT2D eigenvalue weighted by molar-refractivity contribution is -0.137. The summed E-state index contributed by atoms with van der Waals surface area (Å²) >= 11 is 5.89. The van der Waals surface area contributed by atoms with E-state index in [1.54, 1.807) is 18.2 Å². The number of hydrogen-bond acceptors (Lipinski definition) is 3. The normalized spacial score (nSPS) is 11.9. The molecular weight excluding hydrogens is 417 g/mol. The number of alkyl halides is 3. The number of rotatable bonds is 7. The van der Waals surface area contributed by atoms with Crippen molar-refractivity contribution in [2.45, 2.75) is 19.0 Å². The van der Waals surface area contributed by atoms with Crippen LogP contribution in [0.3, 0.4) is 0 Å². The van der Waals surface area contributed by atoms with E-state index in [0.29, 0.717) is 10.7 Å². The molecular formula is C18H18ClF3N2O3S. The monoisotopic (exact) mass is 434 g/mol. The number of carbonyl (C=O) groups excluding carboxylic acids is 1. The molecule has 0 saturated heterocycles. The van der Waals surface area contributed by atoms with Gasteiger partial charge in [0.2, 0.25) is 15.9 Å². The van der Waals surface area contributed by atoms with Crippen molar-refractivity contribution in [3.05, 3.63) is 59.1 Å². The zero-order chi connectivity index (χ0) is 20.9. The van der Waals surface area contributed by atoms with Gasteiger partial charge in [-0.1, -0.05) is 29.8 Å². The molecule has 0 aromatic heterocycles. The van der Waals surface area contributed by atoms with Crippen LogP contribution in [0.1, 0.15) is 18.4 Å². The second-order valence-electron chi connectivity index (χ2n) is 6.01. The molecule has 0 aliphatic carbocycles. The molecule has 0 aliphatic heterocycles. The van der Waals surface area contributed by atoms with Gasteiger partial charge in [0.05, 0.1) is 23.2 Å². The van der Waals surface area contributed by atoms with Crippen LogP contribution in [0.5, 0.6) is 0 Å². The fourth-order valence-electron chi connectivity index (χ4n) is 2.55. The van der Waals surface area contributed by atoms with Crippen molar-refractivity contribution in [3.8, 4) is 0 Å². The molecule has 2 aromatic rings. The number of benzene rings is 2. The van der Waals surface area contributed by atoms with Crippen LogP contribution in [-0.4, -0.2) is 27.1 Å². The number of halogens is 4. The van der Waals surface area contributed by atoms with Crippen LogP contribution >= 0.6 is 11.6 Å². The Balaban J connectivity index is 2.03. The Morgan fingerprint density at radius 3 is 2.43 bits per heavy atom. The van der Waals surface area contributed by atoms with E-state index in [9.17, 15) is 26.4 Å². The number of anilines is 2. The minimum Gasteiger partial charge on any atom is -0.326 e. The van der Waals surface area contributed by atoms with Gasteiger partial charge in [0.1, 0.15) is 0 Å². The Hall–Kier alpha value is -2.26. The summed E-state index contributed by atoms with van der Waals surface area (Å²) in [5, 5.41) is 2.58. The Labute approximate surface area is 166 Å². The van der Waals surface area contributed by atoms with Crippen LogP contribution in [0.2, 0.25) is 5.02 Å². The number of nitrogens with zero attached hydrogens (tertiary/aromatic N) is 1. The smallest absolute Gasteiger partial charge is 0.326 e. The maximum atomic E-state index is 13.0.